The van der Waals surface area contributed by atoms with E-state index in [1.807, 2.05) is 13.0 Å². The molecule has 2 amide bonds. The molecule has 0 atom stereocenters. The summed E-state index contributed by atoms with van der Waals surface area (Å²) < 4.78 is 0. The lowest BCUT2D eigenvalue weighted by atomic mass is 10.2. The highest BCUT2D eigenvalue weighted by Gasteiger charge is 2.28. The molecular formula is C16H18ClN5O2S. The van der Waals surface area contributed by atoms with Gasteiger partial charge in [-0.2, -0.15) is 0 Å². The highest BCUT2D eigenvalue weighted by molar-refractivity contribution is 7.99. The van der Waals surface area contributed by atoms with Crippen molar-refractivity contribution in [2.24, 2.45) is 0 Å². The second-order valence-corrected chi connectivity index (χ2v) is 6.93. The molecule has 2 aromatic rings. The van der Waals surface area contributed by atoms with Gasteiger partial charge in [0.05, 0.1) is 5.75 Å². The maximum atomic E-state index is 12.4. The predicted octanol–water partition coefficient (Wildman–Crippen LogP) is 1.99. The van der Waals surface area contributed by atoms with Crippen LogP contribution in [0.5, 0.6) is 0 Å². The predicted molar refractivity (Wildman–Crippen MR) is 96.9 cm³/mol. The zero-order valence-corrected chi connectivity index (χ0v) is 15.3. The number of nitrogens with one attached hydrogen (secondary N) is 1. The van der Waals surface area contributed by atoms with Gasteiger partial charge < -0.3 is 9.80 Å². The van der Waals surface area contributed by atoms with E-state index in [0.717, 1.165) is 17.9 Å². The molecule has 0 radical (unpaired) electrons. The summed E-state index contributed by atoms with van der Waals surface area (Å²) in [6, 6.07) is 7.16. The number of aryl methyl sites for hydroxylation is 1. The van der Waals surface area contributed by atoms with Gasteiger partial charge in [-0.1, -0.05) is 36.4 Å². The van der Waals surface area contributed by atoms with Crippen LogP contribution >= 0.6 is 23.4 Å². The fourth-order valence-electron chi connectivity index (χ4n) is 2.52. The van der Waals surface area contributed by atoms with Gasteiger partial charge >= 0.3 is 0 Å². The number of aromatic nitrogens is 3. The topological polar surface area (TPSA) is 82.2 Å². The van der Waals surface area contributed by atoms with Crippen molar-refractivity contribution in [3.05, 3.63) is 35.1 Å². The van der Waals surface area contributed by atoms with Gasteiger partial charge in [-0.15, -0.1) is 5.10 Å². The van der Waals surface area contributed by atoms with E-state index in [0.29, 0.717) is 23.3 Å². The zero-order chi connectivity index (χ0) is 17.8. The first-order valence-corrected chi connectivity index (χ1v) is 9.31. The number of anilines is 1. The monoisotopic (exact) mass is 379 g/mol. The quantitative estimate of drug-likeness (QED) is 0.803. The minimum Gasteiger partial charge on any atom is -0.331 e. The van der Waals surface area contributed by atoms with Gasteiger partial charge in [0.15, 0.2) is 0 Å². The number of aromatic amines is 1. The van der Waals surface area contributed by atoms with Crippen molar-refractivity contribution in [1.29, 1.82) is 0 Å². The largest absolute Gasteiger partial charge is 0.331 e. The first kappa shape index (κ1) is 17.8. The van der Waals surface area contributed by atoms with Crippen LogP contribution in [-0.2, 0) is 16.0 Å². The van der Waals surface area contributed by atoms with Crippen LogP contribution in [0.15, 0.2) is 29.4 Å². The number of amides is 2. The van der Waals surface area contributed by atoms with E-state index >= 15 is 0 Å². The second-order valence-electron chi connectivity index (χ2n) is 5.55. The van der Waals surface area contributed by atoms with Crippen LogP contribution in [0, 0.1) is 0 Å². The van der Waals surface area contributed by atoms with Crippen molar-refractivity contribution in [1.82, 2.24) is 20.1 Å². The Morgan fingerprint density at radius 3 is 2.92 bits per heavy atom. The molecule has 0 spiro atoms. The SMILES string of the molecule is CCc1nc(SCC(=O)N2CCN(c3cccc(Cl)c3)C(=O)C2)n[nH]1. The molecule has 1 N–H and O–H groups in total. The molecule has 1 aromatic heterocycles. The maximum absolute atomic E-state index is 12.4. The van der Waals surface area contributed by atoms with Crippen molar-refractivity contribution in [3.63, 3.8) is 0 Å². The standard InChI is InChI=1S/C16H18ClN5O2S/c1-2-13-18-16(20-19-13)25-10-15(24)21-6-7-22(14(23)9-21)12-5-3-4-11(17)8-12/h3-5,8H,2,6-7,9-10H2,1H3,(H,18,19,20). The first-order valence-electron chi connectivity index (χ1n) is 7.94. The van der Waals surface area contributed by atoms with Gasteiger partial charge in [-0.3, -0.25) is 14.7 Å². The molecule has 132 valence electrons. The fourth-order valence-corrected chi connectivity index (χ4v) is 3.43. The molecule has 1 saturated heterocycles. The molecule has 0 aliphatic carbocycles. The molecule has 0 saturated carbocycles. The van der Waals surface area contributed by atoms with Crippen LogP contribution in [0.2, 0.25) is 5.02 Å². The van der Waals surface area contributed by atoms with E-state index in [1.54, 1.807) is 28.0 Å². The van der Waals surface area contributed by atoms with E-state index < -0.39 is 0 Å². The van der Waals surface area contributed by atoms with E-state index in [9.17, 15) is 9.59 Å². The number of benzene rings is 1. The normalized spacial score (nSPS) is 14.9. The summed E-state index contributed by atoms with van der Waals surface area (Å²) in [6.45, 7) is 2.99. The summed E-state index contributed by atoms with van der Waals surface area (Å²) >= 11 is 7.25. The summed E-state index contributed by atoms with van der Waals surface area (Å²) in [4.78, 5) is 32.2. The minimum absolute atomic E-state index is 0.0696. The Bertz CT molecular complexity index is 781. The Balaban J connectivity index is 1.55. The molecular weight excluding hydrogens is 362 g/mol. The van der Waals surface area contributed by atoms with Gasteiger partial charge in [0.2, 0.25) is 17.0 Å². The molecule has 25 heavy (non-hydrogen) atoms. The lowest BCUT2D eigenvalue weighted by molar-refractivity contribution is -0.134. The fraction of sp³-hybridized carbons (Fsp3) is 0.375. The smallest absolute Gasteiger partial charge is 0.246 e. The average molecular weight is 380 g/mol. The Kier molecular flexibility index (Phi) is 5.60. The van der Waals surface area contributed by atoms with Crippen LogP contribution in [-0.4, -0.2) is 57.3 Å². The number of nitrogens with zero attached hydrogens (tertiary/aromatic N) is 4. The highest BCUT2D eigenvalue weighted by atomic mass is 35.5. The van der Waals surface area contributed by atoms with Crippen LogP contribution < -0.4 is 4.90 Å². The van der Waals surface area contributed by atoms with Gasteiger partial charge in [0.25, 0.3) is 0 Å². The van der Waals surface area contributed by atoms with Gasteiger partial charge in [0.1, 0.15) is 12.4 Å². The first-order chi connectivity index (χ1) is 12.1. The summed E-state index contributed by atoms with van der Waals surface area (Å²) in [6.07, 6.45) is 0.765. The Labute approximate surface area is 154 Å². The van der Waals surface area contributed by atoms with Crippen LogP contribution in [0.25, 0.3) is 0 Å². The van der Waals surface area contributed by atoms with Crippen molar-refractivity contribution in [3.8, 4) is 0 Å². The third kappa shape index (κ3) is 4.32. The van der Waals surface area contributed by atoms with Crippen molar-refractivity contribution >= 4 is 40.9 Å². The summed E-state index contributed by atoms with van der Waals surface area (Å²) in [7, 11) is 0. The Morgan fingerprint density at radius 1 is 1.40 bits per heavy atom. The highest BCUT2D eigenvalue weighted by Crippen LogP contribution is 2.22. The molecule has 0 bridgehead atoms. The lowest BCUT2D eigenvalue weighted by Gasteiger charge is -2.34. The van der Waals surface area contributed by atoms with Gasteiger partial charge in [0, 0.05) is 30.2 Å². The van der Waals surface area contributed by atoms with Gasteiger partial charge in [-0.05, 0) is 18.2 Å². The van der Waals surface area contributed by atoms with Crippen LogP contribution in [0.1, 0.15) is 12.7 Å². The zero-order valence-electron chi connectivity index (χ0n) is 13.7. The second kappa shape index (κ2) is 7.88. The van der Waals surface area contributed by atoms with Crippen LogP contribution in [0.3, 0.4) is 0 Å². The van der Waals surface area contributed by atoms with Crippen molar-refractivity contribution < 1.29 is 9.59 Å². The number of halogens is 1. The molecule has 2 heterocycles. The van der Waals surface area contributed by atoms with Crippen molar-refractivity contribution in [2.45, 2.75) is 18.5 Å². The molecule has 1 fully saturated rings. The maximum Gasteiger partial charge on any atom is 0.246 e. The van der Waals surface area contributed by atoms with E-state index in [-0.39, 0.29) is 24.1 Å². The number of carbonyl (C=O) groups is 2. The molecule has 1 aliphatic heterocycles. The van der Waals surface area contributed by atoms with E-state index in [4.69, 9.17) is 11.6 Å². The average Bonchev–Trinajstić information content (AvgIpc) is 3.07. The lowest BCUT2D eigenvalue weighted by Crippen LogP contribution is -2.52. The summed E-state index contributed by atoms with van der Waals surface area (Å²) in [5.74, 6) is 0.802. The van der Waals surface area contributed by atoms with Gasteiger partial charge in [-0.25, -0.2) is 4.98 Å². The van der Waals surface area contributed by atoms with E-state index in [1.165, 1.54) is 11.8 Å². The Morgan fingerprint density at radius 2 is 2.24 bits per heavy atom. The number of rotatable bonds is 5. The third-order valence-corrected chi connectivity index (χ3v) is 4.93. The number of hydrogen-bond acceptors (Lipinski definition) is 5. The molecule has 9 heteroatoms. The molecule has 7 nitrogen and oxygen atoms in total. The third-order valence-electron chi connectivity index (χ3n) is 3.86. The number of thioether (sulfide) groups is 1. The van der Waals surface area contributed by atoms with Crippen molar-refractivity contribution in [2.75, 3.05) is 30.3 Å². The summed E-state index contributed by atoms with van der Waals surface area (Å²) in [5.41, 5.74) is 0.756. The molecule has 3 rings (SSSR count). The van der Waals surface area contributed by atoms with E-state index in [2.05, 4.69) is 15.2 Å². The Hall–Kier alpha value is -2.06. The number of hydrogen-bond donors (Lipinski definition) is 1. The molecule has 1 aromatic carbocycles. The molecule has 0 unspecified atom stereocenters. The molecule has 1 aliphatic rings. The number of piperazine rings is 1. The summed E-state index contributed by atoms with van der Waals surface area (Å²) in [5, 5.41) is 8.00. The number of H-pyrrole nitrogens is 1. The minimum atomic E-state index is -0.113. The number of carbonyl (C=O) groups excluding carboxylic acids is 2. The van der Waals surface area contributed by atoms with Crippen LogP contribution in [0.4, 0.5) is 5.69 Å².